The Morgan fingerprint density at radius 2 is 1.85 bits per heavy atom. The minimum atomic E-state index is -2.94. The van der Waals surface area contributed by atoms with Crippen molar-refractivity contribution in [2.75, 3.05) is 11.5 Å². The monoisotopic (exact) mass is 309 g/mol. The molecule has 1 rings (SSSR count). The van der Waals surface area contributed by atoms with Gasteiger partial charge < -0.3 is 20.0 Å². The molecule has 0 aromatic rings. The number of hydrogen-bond donors (Lipinski definition) is 4. The molecule has 1 aliphatic heterocycles. The van der Waals surface area contributed by atoms with Gasteiger partial charge in [-0.2, -0.15) is 10.6 Å². The fraction of sp³-hybridized carbons (Fsp3) is 0.727. The highest BCUT2D eigenvalue weighted by atomic mass is 32.3. The molecule has 0 aromatic heterocycles. The smallest absolute Gasteiger partial charge is 0.408 e. The first kappa shape index (κ1) is 16.7. The quantitative estimate of drug-likeness (QED) is 0.567. The van der Waals surface area contributed by atoms with E-state index < -0.39 is 39.7 Å². The molecule has 0 saturated carbocycles. The summed E-state index contributed by atoms with van der Waals surface area (Å²) < 4.78 is 23.7. The van der Waals surface area contributed by atoms with Crippen LogP contribution < -0.4 is 5.32 Å². The van der Waals surface area contributed by atoms with Crippen molar-refractivity contribution in [3.63, 3.8) is 0 Å². The predicted octanol–water partition coefficient (Wildman–Crippen LogP) is 0.914. The number of amides is 1. The summed E-state index contributed by atoms with van der Waals surface area (Å²) in [4.78, 5) is 34.0. The van der Waals surface area contributed by atoms with E-state index in [1.54, 1.807) is 20.8 Å². The van der Waals surface area contributed by atoms with Gasteiger partial charge in [0.2, 0.25) is 0 Å². The first-order valence-corrected chi connectivity index (χ1v) is 7.72. The number of hydrogen-bond acceptors (Lipinski definition) is 6. The second-order valence-electron chi connectivity index (χ2n) is 5.86. The van der Waals surface area contributed by atoms with Crippen LogP contribution in [0.5, 0.6) is 0 Å². The third-order valence-electron chi connectivity index (χ3n) is 2.72. The number of aldehydes is 1. The summed E-state index contributed by atoms with van der Waals surface area (Å²) in [6, 6.07) is -1.56. The van der Waals surface area contributed by atoms with Gasteiger partial charge >= 0.3 is 12.1 Å². The molecule has 1 aliphatic rings. The Morgan fingerprint density at radius 1 is 1.35 bits per heavy atom. The molecule has 8 nitrogen and oxygen atoms in total. The normalized spacial score (nSPS) is 22.9. The SMILES string of the molecule is CC(C)(C)OC(=O)NC(C(=O)O)C1(C=O)CS(O)(O)C1. The molecule has 0 aliphatic carbocycles. The predicted molar refractivity (Wildman–Crippen MR) is 71.9 cm³/mol. The van der Waals surface area contributed by atoms with E-state index in [0.29, 0.717) is 6.29 Å². The van der Waals surface area contributed by atoms with E-state index in [9.17, 15) is 23.5 Å². The summed E-state index contributed by atoms with van der Waals surface area (Å²) in [5.74, 6) is -2.19. The Bertz CT molecular complexity index is 421. The van der Waals surface area contributed by atoms with Gasteiger partial charge in [0.05, 0.1) is 16.9 Å². The minimum Gasteiger partial charge on any atom is -0.480 e. The number of ether oxygens (including phenoxy) is 1. The van der Waals surface area contributed by atoms with Crippen LogP contribution in [0.3, 0.4) is 0 Å². The molecule has 1 fully saturated rings. The number of alkyl carbamates (subject to hydrolysis) is 1. The van der Waals surface area contributed by atoms with E-state index in [1.165, 1.54) is 0 Å². The van der Waals surface area contributed by atoms with Crippen molar-refractivity contribution in [2.45, 2.75) is 32.4 Å². The zero-order valence-corrected chi connectivity index (χ0v) is 12.3. The van der Waals surface area contributed by atoms with Crippen molar-refractivity contribution in [3.05, 3.63) is 0 Å². The lowest BCUT2D eigenvalue weighted by atomic mass is 9.84. The Balaban J connectivity index is 2.83. The number of nitrogens with one attached hydrogen (secondary N) is 1. The molecule has 1 saturated heterocycles. The van der Waals surface area contributed by atoms with E-state index in [2.05, 4.69) is 5.32 Å². The molecule has 116 valence electrons. The minimum absolute atomic E-state index is 0.348. The molecule has 0 radical (unpaired) electrons. The fourth-order valence-electron chi connectivity index (χ4n) is 2.00. The standard InChI is InChI=1S/C11H19NO7S/c1-10(2,3)19-9(16)12-7(8(14)15)11(4-13)5-20(17,18)6-11/h4,7,17-18H,5-6H2,1-3H3,(H,12,16)(H,14,15). The topological polar surface area (TPSA) is 133 Å². The van der Waals surface area contributed by atoms with E-state index in [4.69, 9.17) is 9.84 Å². The number of carboxylic acid groups (broad SMARTS) is 1. The van der Waals surface area contributed by atoms with E-state index in [-0.39, 0.29) is 11.5 Å². The summed E-state index contributed by atoms with van der Waals surface area (Å²) in [6.07, 6.45) is -0.629. The highest BCUT2D eigenvalue weighted by Gasteiger charge is 2.57. The van der Waals surface area contributed by atoms with Gasteiger partial charge in [-0.15, -0.1) is 0 Å². The Morgan fingerprint density at radius 3 is 2.15 bits per heavy atom. The maximum atomic E-state index is 11.6. The van der Waals surface area contributed by atoms with Crippen molar-refractivity contribution in [3.8, 4) is 0 Å². The lowest BCUT2D eigenvalue weighted by molar-refractivity contribution is -0.144. The van der Waals surface area contributed by atoms with Crippen molar-refractivity contribution in [2.24, 2.45) is 5.41 Å². The molecular weight excluding hydrogens is 290 g/mol. The molecule has 0 spiro atoms. The van der Waals surface area contributed by atoms with Gasteiger partial charge in [-0.05, 0) is 20.8 Å². The van der Waals surface area contributed by atoms with Gasteiger partial charge in [-0.1, -0.05) is 0 Å². The Labute approximate surface area is 117 Å². The van der Waals surface area contributed by atoms with Gasteiger partial charge in [0, 0.05) is 0 Å². The maximum absolute atomic E-state index is 11.6. The summed E-state index contributed by atoms with van der Waals surface area (Å²) in [7, 11) is -2.94. The molecule has 0 aromatic carbocycles. The highest BCUT2D eigenvalue weighted by Crippen LogP contribution is 2.59. The third kappa shape index (κ3) is 3.84. The molecule has 0 bridgehead atoms. The van der Waals surface area contributed by atoms with Crippen LogP contribution in [0, 0.1) is 5.41 Å². The largest absolute Gasteiger partial charge is 0.480 e. The summed E-state index contributed by atoms with van der Waals surface area (Å²) >= 11 is 0. The number of carbonyl (C=O) groups excluding carboxylic acids is 2. The molecule has 20 heavy (non-hydrogen) atoms. The highest BCUT2D eigenvalue weighted by molar-refractivity contribution is 8.25. The summed E-state index contributed by atoms with van der Waals surface area (Å²) in [5, 5.41) is 11.2. The second-order valence-corrected chi connectivity index (χ2v) is 8.04. The number of carbonyl (C=O) groups is 3. The summed E-state index contributed by atoms with van der Waals surface area (Å²) in [5.41, 5.74) is -2.33. The second kappa shape index (κ2) is 5.23. The maximum Gasteiger partial charge on any atom is 0.408 e. The molecule has 4 N–H and O–H groups in total. The van der Waals surface area contributed by atoms with Crippen LogP contribution >= 0.6 is 10.6 Å². The number of rotatable bonds is 4. The van der Waals surface area contributed by atoms with E-state index in [0.717, 1.165) is 0 Å². The fourth-order valence-corrected chi connectivity index (χ4v) is 4.10. The van der Waals surface area contributed by atoms with Gasteiger partial charge in [-0.25, -0.2) is 9.59 Å². The molecule has 1 unspecified atom stereocenters. The Kier molecular flexibility index (Phi) is 4.37. The average Bonchev–Trinajstić information content (AvgIpc) is 2.19. The number of carboxylic acids is 1. The van der Waals surface area contributed by atoms with Gasteiger partial charge in [-0.3, -0.25) is 9.11 Å². The first-order valence-electron chi connectivity index (χ1n) is 5.83. The van der Waals surface area contributed by atoms with E-state index in [1.807, 2.05) is 0 Å². The van der Waals surface area contributed by atoms with Crippen molar-refractivity contribution < 1.29 is 33.3 Å². The zero-order chi connectivity index (χ0) is 15.8. The van der Waals surface area contributed by atoms with Crippen LogP contribution in [0.2, 0.25) is 0 Å². The van der Waals surface area contributed by atoms with Crippen molar-refractivity contribution in [1.29, 1.82) is 0 Å². The van der Waals surface area contributed by atoms with Gasteiger partial charge in [0.1, 0.15) is 17.9 Å². The zero-order valence-electron chi connectivity index (χ0n) is 11.5. The number of aliphatic carboxylic acids is 1. The van der Waals surface area contributed by atoms with Crippen LogP contribution in [-0.4, -0.2) is 55.7 Å². The van der Waals surface area contributed by atoms with Crippen molar-refractivity contribution in [1.82, 2.24) is 5.32 Å². The van der Waals surface area contributed by atoms with E-state index >= 15 is 0 Å². The summed E-state index contributed by atoms with van der Waals surface area (Å²) in [6.45, 7) is 4.83. The third-order valence-corrected chi connectivity index (χ3v) is 4.72. The lowest BCUT2D eigenvalue weighted by Crippen LogP contribution is -2.63. The Hall–Kier alpha value is -1.32. The molecular formula is C11H19NO7S. The van der Waals surface area contributed by atoms with Crippen LogP contribution in [-0.2, 0) is 14.3 Å². The van der Waals surface area contributed by atoms with Crippen LogP contribution in [0.1, 0.15) is 20.8 Å². The molecule has 1 atom stereocenters. The molecule has 1 heterocycles. The molecule has 1 amide bonds. The van der Waals surface area contributed by atoms with Crippen LogP contribution in [0.4, 0.5) is 4.79 Å². The lowest BCUT2D eigenvalue weighted by Gasteiger charge is -2.54. The van der Waals surface area contributed by atoms with Gasteiger partial charge in [0.15, 0.2) is 0 Å². The van der Waals surface area contributed by atoms with Gasteiger partial charge in [0.25, 0.3) is 0 Å². The van der Waals surface area contributed by atoms with Crippen molar-refractivity contribution >= 4 is 28.9 Å². The van der Waals surface area contributed by atoms with Crippen LogP contribution in [0.25, 0.3) is 0 Å². The first-order chi connectivity index (χ1) is 8.91. The molecule has 9 heteroatoms. The van der Waals surface area contributed by atoms with Crippen LogP contribution in [0.15, 0.2) is 0 Å². The average molecular weight is 309 g/mol.